The van der Waals surface area contributed by atoms with Gasteiger partial charge in [0.05, 0.1) is 5.75 Å². The van der Waals surface area contributed by atoms with Crippen molar-refractivity contribution in [1.29, 1.82) is 0 Å². The average molecular weight is 277 g/mol. The molecular weight excluding hydrogens is 262 g/mol. The normalized spacial score (nSPS) is 11.2. The first-order valence-corrected chi connectivity index (χ1v) is 7.39. The van der Waals surface area contributed by atoms with E-state index in [0.29, 0.717) is 5.69 Å². The molecule has 0 saturated heterocycles. The number of anilines is 1. The van der Waals surface area contributed by atoms with Gasteiger partial charge in [0, 0.05) is 23.8 Å². The molecule has 1 N–H and O–H groups in total. The van der Waals surface area contributed by atoms with Gasteiger partial charge < -0.3 is 4.57 Å². The van der Waals surface area contributed by atoms with Gasteiger partial charge in [0.25, 0.3) is 0 Å². The lowest BCUT2D eigenvalue weighted by Gasteiger charge is -2.08. The van der Waals surface area contributed by atoms with Gasteiger partial charge in [0.1, 0.15) is 5.82 Å². The zero-order valence-corrected chi connectivity index (χ0v) is 11.4. The standard InChI is InChI=1S/C13H15N3O2S/c1-3-10-19(17,18)15-12-4-6-13(7-5-12)16-9-8-14-11(16)2/h3-9,15H,1,10H2,2H3. The van der Waals surface area contributed by atoms with Crippen LogP contribution in [-0.2, 0) is 10.0 Å². The molecule has 0 bridgehead atoms. The van der Waals surface area contributed by atoms with E-state index < -0.39 is 10.0 Å². The van der Waals surface area contributed by atoms with Crippen LogP contribution in [0.1, 0.15) is 5.82 Å². The zero-order valence-electron chi connectivity index (χ0n) is 10.6. The lowest BCUT2D eigenvalue weighted by atomic mass is 10.3. The monoisotopic (exact) mass is 277 g/mol. The van der Waals surface area contributed by atoms with Crippen molar-refractivity contribution in [3.63, 3.8) is 0 Å². The highest BCUT2D eigenvalue weighted by molar-refractivity contribution is 7.92. The molecular formula is C13H15N3O2S. The first-order chi connectivity index (χ1) is 9.02. The summed E-state index contributed by atoms with van der Waals surface area (Å²) < 4.78 is 27.5. The molecule has 6 heteroatoms. The lowest BCUT2D eigenvalue weighted by molar-refractivity contribution is 0.604. The Morgan fingerprint density at radius 2 is 2.05 bits per heavy atom. The van der Waals surface area contributed by atoms with Crippen molar-refractivity contribution < 1.29 is 8.42 Å². The summed E-state index contributed by atoms with van der Waals surface area (Å²) in [5, 5.41) is 0. The number of imidazole rings is 1. The Balaban J connectivity index is 2.20. The Hall–Kier alpha value is -2.08. The largest absolute Gasteiger partial charge is 0.304 e. The third-order valence-electron chi connectivity index (χ3n) is 2.58. The maximum atomic E-state index is 11.6. The van der Waals surface area contributed by atoms with E-state index in [9.17, 15) is 8.42 Å². The van der Waals surface area contributed by atoms with Crippen LogP contribution in [0.4, 0.5) is 5.69 Å². The molecule has 1 aromatic carbocycles. The van der Waals surface area contributed by atoms with E-state index in [1.807, 2.05) is 29.8 Å². The summed E-state index contributed by atoms with van der Waals surface area (Å²) in [5.74, 6) is 0.773. The highest BCUT2D eigenvalue weighted by atomic mass is 32.2. The van der Waals surface area contributed by atoms with Gasteiger partial charge in [-0.25, -0.2) is 13.4 Å². The van der Waals surface area contributed by atoms with Gasteiger partial charge >= 0.3 is 0 Å². The number of nitrogens with zero attached hydrogens (tertiary/aromatic N) is 2. The second-order valence-electron chi connectivity index (χ2n) is 4.06. The van der Waals surface area contributed by atoms with Gasteiger partial charge in [-0.15, -0.1) is 6.58 Å². The zero-order chi connectivity index (χ0) is 13.9. The van der Waals surface area contributed by atoms with Crippen molar-refractivity contribution in [3.8, 4) is 5.69 Å². The van der Waals surface area contributed by atoms with Gasteiger partial charge in [-0.3, -0.25) is 4.72 Å². The average Bonchev–Trinajstić information content (AvgIpc) is 2.76. The van der Waals surface area contributed by atoms with Crippen LogP contribution in [0.5, 0.6) is 0 Å². The van der Waals surface area contributed by atoms with Crippen molar-refractivity contribution in [2.24, 2.45) is 0 Å². The summed E-state index contributed by atoms with van der Waals surface area (Å²) >= 11 is 0. The van der Waals surface area contributed by atoms with E-state index in [2.05, 4.69) is 16.3 Å². The maximum Gasteiger partial charge on any atom is 0.236 e. The molecule has 2 aromatic rings. The Bertz CT molecular complexity index is 672. The molecule has 1 aromatic heterocycles. The van der Waals surface area contributed by atoms with E-state index in [1.165, 1.54) is 6.08 Å². The first-order valence-electron chi connectivity index (χ1n) is 5.73. The third-order valence-corrected chi connectivity index (χ3v) is 3.80. The quantitative estimate of drug-likeness (QED) is 0.851. The Labute approximate surface area is 112 Å². The minimum atomic E-state index is -3.35. The molecule has 0 atom stereocenters. The highest BCUT2D eigenvalue weighted by Gasteiger charge is 2.07. The van der Waals surface area contributed by atoms with Crippen molar-refractivity contribution in [2.75, 3.05) is 10.5 Å². The van der Waals surface area contributed by atoms with Gasteiger partial charge in [0.2, 0.25) is 10.0 Å². The number of rotatable bonds is 5. The molecule has 0 amide bonds. The number of benzene rings is 1. The molecule has 0 radical (unpaired) electrons. The Morgan fingerprint density at radius 1 is 1.37 bits per heavy atom. The predicted molar refractivity (Wildman–Crippen MR) is 75.9 cm³/mol. The van der Waals surface area contributed by atoms with Crippen molar-refractivity contribution in [1.82, 2.24) is 9.55 Å². The topological polar surface area (TPSA) is 64.0 Å². The van der Waals surface area contributed by atoms with E-state index in [0.717, 1.165) is 11.5 Å². The number of hydrogen-bond donors (Lipinski definition) is 1. The lowest BCUT2D eigenvalue weighted by Crippen LogP contribution is -2.15. The van der Waals surface area contributed by atoms with E-state index in [-0.39, 0.29) is 5.75 Å². The van der Waals surface area contributed by atoms with Crippen molar-refractivity contribution >= 4 is 15.7 Å². The van der Waals surface area contributed by atoms with Crippen molar-refractivity contribution in [3.05, 3.63) is 55.1 Å². The van der Waals surface area contributed by atoms with E-state index >= 15 is 0 Å². The summed E-state index contributed by atoms with van der Waals surface area (Å²) in [6.45, 7) is 5.32. The molecule has 0 aliphatic rings. The molecule has 0 unspecified atom stereocenters. The van der Waals surface area contributed by atoms with Gasteiger partial charge in [-0.1, -0.05) is 6.08 Å². The fourth-order valence-electron chi connectivity index (χ4n) is 1.72. The molecule has 0 saturated carbocycles. The van der Waals surface area contributed by atoms with Crippen LogP contribution in [0.25, 0.3) is 5.69 Å². The fourth-order valence-corrected chi connectivity index (χ4v) is 2.61. The molecule has 0 aliphatic carbocycles. The molecule has 0 aliphatic heterocycles. The second-order valence-corrected chi connectivity index (χ2v) is 5.83. The number of aryl methyl sites for hydroxylation is 1. The summed E-state index contributed by atoms with van der Waals surface area (Å²) in [6.07, 6.45) is 4.92. The van der Waals surface area contributed by atoms with E-state index in [4.69, 9.17) is 0 Å². The Kier molecular flexibility index (Phi) is 3.71. The molecule has 19 heavy (non-hydrogen) atoms. The second kappa shape index (κ2) is 5.27. The number of aromatic nitrogens is 2. The van der Waals surface area contributed by atoms with Crippen LogP contribution in [0.15, 0.2) is 49.3 Å². The van der Waals surface area contributed by atoms with Gasteiger partial charge in [-0.05, 0) is 31.2 Å². The maximum absolute atomic E-state index is 11.6. The third kappa shape index (κ3) is 3.23. The van der Waals surface area contributed by atoms with Crippen LogP contribution < -0.4 is 4.72 Å². The molecule has 5 nitrogen and oxygen atoms in total. The highest BCUT2D eigenvalue weighted by Crippen LogP contribution is 2.15. The van der Waals surface area contributed by atoms with Crippen LogP contribution in [0, 0.1) is 6.92 Å². The van der Waals surface area contributed by atoms with Crippen LogP contribution >= 0.6 is 0 Å². The van der Waals surface area contributed by atoms with Crippen molar-refractivity contribution in [2.45, 2.75) is 6.92 Å². The molecule has 100 valence electrons. The SMILES string of the molecule is C=CCS(=O)(=O)Nc1ccc(-n2ccnc2C)cc1. The van der Waals surface area contributed by atoms with Crippen LogP contribution in [0.3, 0.4) is 0 Å². The molecule has 2 rings (SSSR count). The predicted octanol–water partition coefficient (Wildman–Crippen LogP) is 2.11. The minimum Gasteiger partial charge on any atom is -0.304 e. The Morgan fingerprint density at radius 3 is 2.58 bits per heavy atom. The minimum absolute atomic E-state index is 0.102. The first kappa shape index (κ1) is 13.4. The van der Waals surface area contributed by atoms with Crippen LogP contribution in [-0.4, -0.2) is 23.7 Å². The number of hydrogen-bond acceptors (Lipinski definition) is 3. The summed E-state index contributed by atoms with van der Waals surface area (Å²) in [5.41, 5.74) is 1.46. The van der Waals surface area contributed by atoms with Gasteiger partial charge in [0.15, 0.2) is 0 Å². The smallest absolute Gasteiger partial charge is 0.236 e. The number of nitrogens with one attached hydrogen (secondary N) is 1. The number of sulfonamides is 1. The summed E-state index contributed by atoms with van der Waals surface area (Å²) in [4.78, 5) is 4.14. The van der Waals surface area contributed by atoms with Gasteiger partial charge in [-0.2, -0.15) is 0 Å². The van der Waals surface area contributed by atoms with Crippen LogP contribution in [0.2, 0.25) is 0 Å². The molecule has 0 fully saturated rings. The summed E-state index contributed by atoms with van der Waals surface area (Å²) in [7, 11) is -3.35. The van der Waals surface area contributed by atoms with E-state index in [1.54, 1.807) is 18.3 Å². The molecule has 0 spiro atoms. The summed E-state index contributed by atoms with van der Waals surface area (Å²) in [6, 6.07) is 7.10. The fraction of sp³-hybridized carbons (Fsp3) is 0.154. The molecule has 1 heterocycles.